The largest absolute Gasteiger partial charge is 0.299 e. The Balaban J connectivity index is 2.45. The van der Waals surface area contributed by atoms with Gasteiger partial charge in [0.05, 0.1) is 0 Å². The third kappa shape index (κ3) is 1.39. The average Bonchev–Trinajstić information content (AvgIpc) is 2.10. The minimum atomic E-state index is -0.131. The molecule has 0 aromatic carbocycles. The van der Waals surface area contributed by atoms with Crippen molar-refractivity contribution in [3.05, 3.63) is 11.6 Å². The molecule has 0 heterocycles. The second kappa shape index (κ2) is 2.96. The van der Waals surface area contributed by atoms with Crippen LogP contribution in [0.2, 0.25) is 0 Å². The highest BCUT2D eigenvalue weighted by Crippen LogP contribution is 2.53. The van der Waals surface area contributed by atoms with Gasteiger partial charge in [-0.1, -0.05) is 39.3 Å². The van der Waals surface area contributed by atoms with Gasteiger partial charge in [-0.25, -0.2) is 0 Å². The van der Waals surface area contributed by atoms with E-state index in [1.807, 2.05) is 0 Å². The molecule has 0 saturated heterocycles. The standard InChI is InChI=1S/C14H22O/c1-9-6-10-7-11(13(9,2)3)8-12(15)14(10,4)5/h6,10-11H,7-8H2,1-5H3. The number of carbonyl (C=O) groups is 1. The van der Waals surface area contributed by atoms with Gasteiger partial charge in [-0.15, -0.1) is 0 Å². The number of rotatable bonds is 0. The number of carbonyl (C=O) groups excluding carboxylic acids is 1. The van der Waals surface area contributed by atoms with Crippen LogP contribution in [-0.2, 0) is 4.79 Å². The minimum absolute atomic E-state index is 0.131. The van der Waals surface area contributed by atoms with Crippen LogP contribution in [0.5, 0.6) is 0 Å². The monoisotopic (exact) mass is 206 g/mol. The summed E-state index contributed by atoms with van der Waals surface area (Å²) in [5.41, 5.74) is 1.57. The summed E-state index contributed by atoms with van der Waals surface area (Å²) in [6.45, 7) is 11.0. The van der Waals surface area contributed by atoms with Gasteiger partial charge in [0.2, 0.25) is 0 Å². The molecule has 2 aliphatic rings. The lowest BCUT2D eigenvalue weighted by atomic mass is 9.54. The molecule has 0 aromatic heterocycles. The maximum absolute atomic E-state index is 12.1. The lowest BCUT2D eigenvalue weighted by Gasteiger charge is -2.50. The summed E-state index contributed by atoms with van der Waals surface area (Å²) >= 11 is 0. The van der Waals surface area contributed by atoms with E-state index in [1.165, 1.54) is 12.0 Å². The predicted octanol–water partition coefficient (Wildman–Crippen LogP) is 3.59. The SMILES string of the molecule is CC1=CC2CC(CC(=O)C2(C)C)C1(C)C. The van der Waals surface area contributed by atoms with Crippen LogP contribution < -0.4 is 0 Å². The van der Waals surface area contributed by atoms with E-state index in [4.69, 9.17) is 0 Å². The van der Waals surface area contributed by atoms with Gasteiger partial charge in [-0.05, 0) is 30.6 Å². The average molecular weight is 206 g/mol. The Labute approximate surface area is 92.9 Å². The second-order valence-electron chi connectivity index (χ2n) is 6.46. The van der Waals surface area contributed by atoms with Crippen molar-refractivity contribution in [2.45, 2.75) is 47.5 Å². The van der Waals surface area contributed by atoms with Gasteiger partial charge in [-0.2, -0.15) is 0 Å². The number of hydrogen-bond donors (Lipinski definition) is 0. The first kappa shape index (κ1) is 10.9. The Morgan fingerprint density at radius 2 is 1.80 bits per heavy atom. The Morgan fingerprint density at radius 1 is 1.20 bits per heavy atom. The van der Waals surface area contributed by atoms with Crippen LogP contribution in [0.3, 0.4) is 0 Å². The van der Waals surface area contributed by atoms with Crippen LogP contribution in [0, 0.1) is 22.7 Å². The summed E-state index contributed by atoms with van der Waals surface area (Å²) in [6.07, 6.45) is 4.33. The molecule has 0 radical (unpaired) electrons. The molecule has 2 unspecified atom stereocenters. The van der Waals surface area contributed by atoms with E-state index < -0.39 is 0 Å². The van der Waals surface area contributed by atoms with Gasteiger partial charge in [0.1, 0.15) is 5.78 Å². The molecule has 0 aliphatic heterocycles. The van der Waals surface area contributed by atoms with Crippen LogP contribution >= 0.6 is 0 Å². The summed E-state index contributed by atoms with van der Waals surface area (Å²) in [5.74, 6) is 1.49. The highest BCUT2D eigenvalue weighted by molar-refractivity contribution is 5.86. The quantitative estimate of drug-likeness (QED) is 0.553. The van der Waals surface area contributed by atoms with Gasteiger partial charge in [0.25, 0.3) is 0 Å². The van der Waals surface area contributed by atoms with Crippen molar-refractivity contribution in [2.24, 2.45) is 22.7 Å². The van der Waals surface area contributed by atoms with Crippen molar-refractivity contribution in [1.82, 2.24) is 0 Å². The molecule has 2 aliphatic carbocycles. The van der Waals surface area contributed by atoms with Gasteiger partial charge < -0.3 is 0 Å². The van der Waals surface area contributed by atoms with E-state index in [-0.39, 0.29) is 10.8 Å². The highest BCUT2D eigenvalue weighted by atomic mass is 16.1. The Morgan fingerprint density at radius 3 is 2.40 bits per heavy atom. The van der Waals surface area contributed by atoms with Crippen molar-refractivity contribution in [1.29, 1.82) is 0 Å². The zero-order valence-corrected chi connectivity index (χ0v) is 10.6. The first-order valence-corrected chi connectivity index (χ1v) is 5.98. The fourth-order valence-corrected chi connectivity index (χ4v) is 3.04. The predicted molar refractivity (Wildman–Crippen MR) is 62.5 cm³/mol. The second-order valence-corrected chi connectivity index (χ2v) is 6.46. The third-order valence-electron chi connectivity index (χ3n) is 5.10. The highest BCUT2D eigenvalue weighted by Gasteiger charge is 2.49. The Bertz CT molecular complexity index is 331. The molecule has 1 fully saturated rings. The van der Waals surface area contributed by atoms with Crippen molar-refractivity contribution in [2.75, 3.05) is 0 Å². The third-order valence-corrected chi connectivity index (χ3v) is 5.10. The summed E-state index contributed by atoms with van der Waals surface area (Å²) in [7, 11) is 0. The van der Waals surface area contributed by atoms with E-state index in [9.17, 15) is 4.79 Å². The lowest BCUT2D eigenvalue weighted by molar-refractivity contribution is -0.135. The summed E-state index contributed by atoms with van der Waals surface area (Å²) in [5, 5.41) is 0. The van der Waals surface area contributed by atoms with Crippen LogP contribution in [0.15, 0.2) is 11.6 Å². The maximum atomic E-state index is 12.1. The smallest absolute Gasteiger partial charge is 0.139 e. The zero-order chi connectivity index (χ0) is 11.4. The van der Waals surface area contributed by atoms with Crippen LogP contribution in [0.1, 0.15) is 47.5 Å². The van der Waals surface area contributed by atoms with Crippen molar-refractivity contribution in [3.63, 3.8) is 0 Å². The number of Topliss-reactive ketones (excluding diaryl/α,β-unsaturated/α-hetero) is 1. The molecule has 2 atom stereocenters. The first-order valence-electron chi connectivity index (χ1n) is 5.98. The van der Waals surface area contributed by atoms with Crippen molar-refractivity contribution < 1.29 is 4.79 Å². The first-order chi connectivity index (χ1) is 6.76. The van der Waals surface area contributed by atoms with E-state index in [1.54, 1.807) is 0 Å². The van der Waals surface area contributed by atoms with Gasteiger partial charge >= 0.3 is 0 Å². The van der Waals surface area contributed by atoms with Crippen LogP contribution in [0.4, 0.5) is 0 Å². The fourth-order valence-electron chi connectivity index (χ4n) is 3.04. The van der Waals surface area contributed by atoms with Crippen molar-refractivity contribution >= 4 is 5.78 Å². The molecular weight excluding hydrogens is 184 g/mol. The Hall–Kier alpha value is -0.590. The number of allylic oxidation sites excluding steroid dienone is 2. The minimum Gasteiger partial charge on any atom is -0.299 e. The molecular formula is C14H22O. The summed E-state index contributed by atoms with van der Waals surface area (Å²) in [6, 6.07) is 0. The molecule has 0 N–H and O–H groups in total. The van der Waals surface area contributed by atoms with Crippen LogP contribution in [-0.4, -0.2) is 5.78 Å². The molecule has 0 spiro atoms. The van der Waals surface area contributed by atoms with Gasteiger partial charge in [0, 0.05) is 11.8 Å². The number of ketones is 1. The lowest BCUT2D eigenvalue weighted by Crippen LogP contribution is -2.46. The molecule has 1 nitrogen and oxygen atoms in total. The van der Waals surface area contributed by atoms with Crippen LogP contribution in [0.25, 0.3) is 0 Å². The maximum Gasteiger partial charge on any atom is 0.139 e. The van der Waals surface area contributed by atoms with Crippen molar-refractivity contribution in [3.8, 4) is 0 Å². The molecule has 0 amide bonds. The molecule has 0 aromatic rings. The fraction of sp³-hybridized carbons (Fsp3) is 0.786. The molecule has 2 bridgehead atoms. The summed E-state index contributed by atoms with van der Waals surface area (Å²) in [4.78, 5) is 12.1. The van der Waals surface area contributed by atoms with E-state index in [0.29, 0.717) is 17.6 Å². The van der Waals surface area contributed by atoms with E-state index in [2.05, 4.69) is 40.7 Å². The van der Waals surface area contributed by atoms with E-state index >= 15 is 0 Å². The van der Waals surface area contributed by atoms with Gasteiger partial charge in [0.15, 0.2) is 0 Å². The zero-order valence-electron chi connectivity index (χ0n) is 10.6. The normalized spacial score (nSPS) is 37.4. The van der Waals surface area contributed by atoms with E-state index in [0.717, 1.165) is 6.42 Å². The number of hydrogen-bond acceptors (Lipinski definition) is 1. The molecule has 2 rings (SSSR count). The topological polar surface area (TPSA) is 17.1 Å². The molecule has 15 heavy (non-hydrogen) atoms. The molecule has 1 heteroatoms. The molecule has 1 saturated carbocycles. The molecule has 84 valence electrons. The number of fused-ring (bicyclic) bond motifs is 2. The van der Waals surface area contributed by atoms with Gasteiger partial charge in [-0.3, -0.25) is 4.79 Å². The Kier molecular flexibility index (Phi) is 2.15. The summed E-state index contributed by atoms with van der Waals surface area (Å²) < 4.78 is 0.